The van der Waals surface area contributed by atoms with E-state index >= 15 is 0 Å². The highest BCUT2D eigenvalue weighted by molar-refractivity contribution is 6.36. The predicted molar refractivity (Wildman–Crippen MR) is 116 cm³/mol. The van der Waals surface area contributed by atoms with Gasteiger partial charge >= 0.3 is 0 Å². The van der Waals surface area contributed by atoms with Crippen LogP contribution >= 0.6 is 23.2 Å². The molecule has 8 heteroatoms. The van der Waals surface area contributed by atoms with Gasteiger partial charge in [0.25, 0.3) is 11.8 Å². The zero-order valence-corrected chi connectivity index (χ0v) is 17.9. The van der Waals surface area contributed by atoms with Crippen molar-refractivity contribution in [1.82, 2.24) is 10.7 Å². The molecule has 0 heterocycles. The Labute approximate surface area is 180 Å². The van der Waals surface area contributed by atoms with Crippen molar-refractivity contribution < 1.29 is 14.3 Å². The van der Waals surface area contributed by atoms with Gasteiger partial charge in [0.05, 0.1) is 23.4 Å². The first kappa shape index (κ1) is 22.7. The van der Waals surface area contributed by atoms with Crippen molar-refractivity contribution in [3.8, 4) is 5.75 Å². The van der Waals surface area contributed by atoms with E-state index in [-0.39, 0.29) is 16.5 Å². The lowest BCUT2D eigenvalue weighted by Crippen LogP contribution is -2.48. The molecule has 1 unspecified atom stereocenters. The molecule has 0 radical (unpaired) electrons. The third kappa shape index (κ3) is 6.76. The first-order valence-electron chi connectivity index (χ1n) is 9.13. The molecule has 0 fully saturated rings. The Morgan fingerprint density at radius 1 is 1.17 bits per heavy atom. The molecule has 0 bridgehead atoms. The molecular formula is C21H23Cl2N3O3. The van der Waals surface area contributed by atoms with Crippen LogP contribution in [-0.2, 0) is 4.79 Å². The normalized spacial score (nSPS) is 12.1. The van der Waals surface area contributed by atoms with Crippen molar-refractivity contribution in [2.24, 2.45) is 11.0 Å². The number of hydrogen-bond acceptors (Lipinski definition) is 4. The highest BCUT2D eigenvalue weighted by atomic mass is 35.5. The van der Waals surface area contributed by atoms with Crippen molar-refractivity contribution in [3.05, 3.63) is 63.6 Å². The minimum Gasteiger partial charge on any atom is -0.494 e. The van der Waals surface area contributed by atoms with Crippen molar-refractivity contribution in [1.29, 1.82) is 0 Å². The number of rotatable bonds is 8. The summed E-state index contributed by atoms with van der Waals surface area (Å²) in [5.41, 5.74) is 3.48. The average Bonchev–Trinajstić information content (AvgIpc) is 2.66. The molecule has 2 aromatic carbocycles. The minimum absolute atomic E-state index is 0.165. The van der Waals surface area contributed by atoms with E-state index in [2.05, 4.69) is 15.8 Å². The summed E-state index contributed by atoms with van der Waals surface area (Å²) in [6.45, 7) is 6.11. The van der Waals surface area contributed by atoms with E-state index in [9.17, 15) is 9.59 Å². The molecule has 2 N–H and O–H groups in total. The third-order valence-corrected chi connectivity index (χ3v) is 4.52. The van der Waals surface area contributed by atoms with Crippen LogP contribution in [-0.4, -0.2) is 30.7 Å². The number of hydrogen-bond donors (Lipinski definition) is 2. The molecule has 0 saturated heterocycles. The molecule has 1 atom stereocenters. The quantitative estimate of drug-likeness (QED) is 0.479. The average molecular weight is 436 g/mol. The summed E-state index contributed by atoms with van der Waals surface area (Å²) in [4.78, 5) is 25.1. The Bertz CT molecular complexity index is 900. The third-order valence-electron chi connectivity index (χ3n) is 3.97. The van der Waals surface area contributed by atoms with Gasteiger partial charge < -0.3 is 10.1 Å². The van der Waals surface area contributed by atoms with Gasteiger partial charge in [0, 0.05) is 5.02 Å². The summed E-state index contributed by atoms with van der Waals surface area (Å²) in [5.74, 6) is -0.346. The van der Waals surface area contributed by atoms with Gasteiger partial charge in [-0.15, -0.1) is 0 Å². The van der Waals surface area contributed by atoms with Crippen LogP contribution in [0.1, 0.15) is 36.7 Å². The van der Waals surface area contributed by atoms with Crippen LogP contribution in [0.2, 0.25) is 10.0 Å². The number of hydrazone groups is 1. The standard InChI is InChI=1S/C21H23Cl2N3O3/c1-4-29-16-7-5-6-14(10-16)12-24-26-21(28)19(13(2)3)25-20(27)17-9-8-15(22)11-18(17)23/h5-13,19H,4H2,1-3H3,(H,25,27)(H,26,28)/b24-12+. The number of nitrogens with one attached hydrogen (secondary N) is 2. The lowest BCUT2D eigenvalue weighted by Gasteiger charge is -2.20. The second-order valence-corrected chi connectivity index (χ2v) is 7.40. The highest BCUT2D eigenvalue weighted by Crippen LogP contribution is 2.21. The number of carbonyl (C=O) groups is 2. The van der Waals surface area contributed by atoms with Gasteiger partial charge in [-0.3, -0.25) is 9.59 Å². The Morgan fingerprint density at radius 3 is 2.59 bits per heavy atom. The molecule has 6 nitrogen and oxygen atoms in total. The van der Waals surface area contributed by atoms with Crippen LogP contribution in [0.4, 0.5) is 0 Å². The first-order chi connectivity index (χ1) is 13.8. The smallest absolute Gasteiger partial charge is 0.262 e. The Kier molecular flexibility index (Phi) is 8.49. The lowest BCUT2D eigenvalue weighted by molar-refractivity contribution is -0.123. The van der Waals surface area contributed by atoms with E-state index in [0.29, 0.717) is 11.6 Å². The Morgan fingerprint density at radius 2 is 1.93 bits per heavy atom. The fourth-order valence-corrected chi connectivity index (χ4v) is 3.01. The maximum Gasteiger partial charge on any atom is 0.262 e. The van der Waals surface area contributed by atoms with Crippen molar-refractivity contribution in [2.75, 3.05) is 6.61 Å². The molecule has 2 aromatic rings. The lowest BCUT2D eigenvalue weighted by atomic mass is 10.0. The second-order valence-electron chi connectivity index (χ2n) is 6.56. The fourth-order valence-electron chi connectivity index (χ4n) is 2.52. The molecule has 154 valence electrons. The SMILES string of the molecule is CCOc1cccc(/C=N/NC(=O)C(NC(=O)c2ccc(Cl)cc2Cl)C(C)C)c1. The number of nitrogens with zero attached hydrogens (tertiary/aromatic N) is 1. The molecule has 0 aromatic heterocycles. The molecule has 0 aliphatic carbocycles. The van der Waals surface area contributed by atoms with Crippen LogP contribution < -0.4 is 15.5 Å². The van der Waals surface area contributed by atoms with Crippen molar-refractivity contribution in [3.63, 3.8) is 0 Å². The van der Waals surface area contributed by atoms with Gasteiger partial charge in [-0.25, -0.2) is 5.43 Å². The molecular weight excluding hydrogens is 413 g/mol. The van der Waals surface area contributed by atoms with Crippen molar-refractivity contribution >= 4 is 41.2 Å². The van der Waals surface area contributed by atoms with Crippen LogP contribution in [0.15, 0.2) is 47.6 Å². The highest BCUT2D eigenvalue weighted by Gasteiger charge is 2.25. The monoisotopic (exact) mass is 435 g/mol. The predicted octanol–water partition coefficient (Wildman–Crippen LogP) is 4.30. The van der Waals surface area contributed by atoms with E-state index in [1.165, 1.54) is 18.3 Å². The summed E-state index contributed by atoms with van der Waals surface area (Å²) in [5, 5.41) is 7.31. The molecule has 2 rings (SSSR count). The molecule has 2 amide bonds. The van der Waals surface area contributed by atoms with Gasteiger partial charge in [-0.2, -0.15) is 5.10 Å². The van der Waals surface area contributed by atoms with Gasteiger partial charge in [-0.05, 0) is 48.7 Å². The second kappa shape index (κ2) is 10.8. The minimum atomic E-state index is -0.791. The Hall–Kier alpha value is -2.57. The van der Waals surface area contributed by atoms with Gasteiger partial charge in [0.1, 0.15) is 11.8 Å². The van der Waals surface area contributed by atoms with Crippen LogP contribution in [0.5, 0.6) is 5.75 Å². The molecule has 29 heavy (non-hydrogen) atoms. The summed E-state index contributed by atoms with van der Waals surface area (Å²) in [6.07, 6.45) is 1.51. The summed E-state index contributed by atoms with van der Waals surface area (Å²) in [7, 11) is 0. The topological polar surface area (TPSA) is 79.8 Å². The first-order valence-corrected chi connectivity index (χ1v) is 9.89. The van der Waals surface area contributed by atoms with Gasteiger partial charge in [-0.1, -0.05) is 49.2 Å². The van der Waals surface area contributed by atoms with E-state index < -0.39 is 17.9 Å². The van der Waals surface area contributed by atoms with Crippen LogP contribution in [0.3, 0.4) is 0 Å². The maximum absolute atomic E-state index is 12.5. The molecule has 0 spiro atoms. The largest absolute Gasteiger partial charge is 0.494 e. The number of benzene rings is 2. The maximum atomic E-state index is 12.5. The van der Waals surface area contributed by atoms with E-state index in [4.69, 9.17) is 27.9 Å². The number of amides is 2. The fraction of sp³-hybridized carbons (Fsp3) is 0.286. The van der Waals surface area contributed by atoms with Gasteiger partial charge in [0.15, 0.2) is 0 Å². The zero-order chi connectivity index (χ0) is 21.4. The van der Waals surface area contributed by atoms with Crippen LogP contribution in [0, 0.1) is 5.92 Å². The van der Waals surface area contributed by atoms with E-state index in [1.54, 1.807) is 6.07 Å². The van der Waals surface area contributed by atoms with Crippen molar-refractivity contribution in [2.45, 2.75) is 26.8 Å². The zero-order valence-electron chi connectivity index (χ0n) is 16.4. The van der Waals surface area contributed by atoms with Crippen LogP contribution in [0.25, 0.3) is 0 Å². The van der Waals surface area contributed by atoms with E-state index in [1.807, 2.05) is 45.0 Å². The summed E-state index contributed by atoms with van der Waals surface area (Å²) >= 11 is 11.9. The molecule has 0 aliphatic heterocycles. The van der Waals surface area contributed by atoms with Gasteiger partial charge in [0.2, 0.25) is 0 Å². The molecule has 0 saturated carbocycles. The number of ether oxygens (including phenoxy) is 1. The number of carbonyl (C=O) groups excluding carboxylic acids is 2. The number of halogens is 2. The summed E-state index contributed by atoms with van der Waals surface area (Å²) in [6, 6.07) is 11.1. The molecule has 0 aliphatic rings. The van der Waals surface area contributed by atoms with E-state index in [0.717, 1.165) is 11.3 Å². The Balaban J connectivity index is 2.03. The summed E-state index contributed by atoms with van der Waals surface area (Å²) < 4.78 is 5.43.